The molecule has 0 saturated carbocycles. The van der Waals surface area contributed by atoms with Crippen LogP contribution in [0.25, 0.3) is 0 Å². The number of rotatable bonds is 4. The lowest BCUT2D eigenvalue weighted by atomic mass is 10.5. The van der Waals surface area contributed by atoms with Crippen LogP contribution in [0.1, 0.15) is 6.42 Å². The predicted octanol–water partition coefficient (Wildman–Crippen LogP) is -0.921. The van der Waals surface area contributed by atoms with E-state index in [9.17, 15) is 4.79 Å². The maximum absolute atomic E-state index is 9.68. The van der Waals surface area contributed by atoms with Crippen molar-refractivity contribution < 1.29 is 24.9 Å². The Balaban J connectivity index is 0. The maximum Gasteiger partial charge on any atom is 0.305 e. The number of aliphatic hydroxyl groups is 2. The van der Waals surface area contributed by atoms with Crippen LogP contribution >= 0.6 is 0 Å². The van der Waals surface area contributed by atoms with E-state index in [-0.39, 0.29) is 19.6 Å². The molecule has 68 valence electrons. The Kier molecular flexibility index (Phi) is 14.2. The highest BCUT2D eigenvalue weighted by Crippen LogP contribution is 1.76. The molecule has 0 aliphatic carbocycles. The van der Waals surface area contributed by atoms with Gasteiger partial charge in [-0.3, -0.25) is 4.79 Å². The van der Waals surface area contributed by atoms with Gasteiger partial charge in [-0.1, -0.05) is 0 Å². The van der Waals surface area contributed by atoms with Gasteiger partial charge in [0.1, 0.15) is 0 Å². The van der Waals surface area contributed by atoms with E-state index in [1.807, 2.05) is 0 Å². The number of aliphatic hydroxyl groups excluding tert-OH is 2. The summed E-state index contributed by atoms with van der Waals surface area (Å²) in [6.07, 6.45) is 0.0938. The number of ether oxygens (including phenoxy) is 1. The van der Waals surface area contributed by atoms with Gasteiger partial charge in [0.15, 0.2) is 0 Å². The summed E-state index contributed by atoms with van der Waals surface area (Å²) in [6, 6.07) is 0. The van der Waals surface area contributed by atoms with Crippen LogP contribution in [0.3, 0.4) is 0 Å². The number of hydrogen-bond acceptors (Lipinski definition) is 4. The summed E-state index contributed by atoms with van der Waals surface area (Å²) >= 11 is 0. The van der Waals surface area contributed by atoms with Crippen molar-refractivity contribution in [3.63, 3.8) is 0 Å². The van der Waals surface area contributed by atoms with Gasteiger partial charge in [-0.2, -0.15) is 0 Å². The fourth-order valence-electron chi connectivity index (χ4n) is 0.189. The molecule has 5 nitrogen and oxygen atoms in total. The standard InChI is InChI=1S/C4H8O3.C2H6O2/c1-7-3-2-4(5)6;3-1-2-4/h2-3H2,1H3,(H,5,6);3-4H,1-2H2. The Hall–Kier alpha value is -0.650. The van der Waals surface area contributed by atoms with E-state index in [2.05, 4.69) is 4.74 Å². The summed E-state index contributed by atoms with van der Waals surface area (Å²) < 4.78 is 4.47. The molecule has 0 aliphatic heterocycles. The molecule has 0 saturated heterocycles. The molecule has 0 unspecified atom stereocenters. The van der Waals surface area contributed by atoms with Crippen molar-refractivity contribution in [2.24, 2.45) is 0 Å². The highest BCUT2D eigenvalue weighted by atomic mass is 16.5. The number of aliphatic carboxylic acids is 1. The van der Waals surface area contributed by atoms with Gasteiger partial charge < -0.3 is 20.1 Å². The molecule has 11 heavy (non-hydrogen) atoms. The zero-order valence-electron chi connectivity index (χ0n) is 6.49. The number of carbonyl (C=O) groups is 1. The Morgan fingerprint density at radius 1 is 1.36 bits per heavy atom. The summed E-state index contributed by atoms with van der Waals surface area (Å²) in [6.45, 7) is 0.0509. The van der Waals surface area contributed by atoms with E-state index >= 15 is 0 Å². The number of carboxylic acids is 1. The molecule has 0 aromatic heterocycles. The molecule has 5 heteroatoms. The average Bonchev–Trinajstić information content (AvgIpc) is 2.01. The van der Waals surface area contributed by atoms with Crippen molar-refractivity contribution in [1.82, 2.24) is 0 Å². The first-order valence-electron chi connectivity index (χ1n) is 3.11. The lowest BCUT2D eigenvalue weighted by Gasteiger charge is -1.88. The predicted molar refractivity (Wildman–Crippen MR) is 38.3 cm³/mol. The van der Waals surface area contributed by atoms with Gasteiger partial charge in [0.05, 0.1) is 26.2 Å². The fourth-order valence-corrected chi connectivity index (χ4v) is 0.189. The molecule has 0 spiro atoms. The quantitative estimate of drug-likeness (QED) is 0.502. The van der Waals surface area contributed by atoms with Crippen LogP contribution in [0.15, 0.2) is 0 Å². The minimum Gasteiger partial charge on any atom is -0.481 e. The molecule has 0 heterocycles. The van der Waals surface area contributed by atoms with Crippen molar-refractivity contribution in [3.8, 4) is 0 Å². The van der Waals surface area contributed by atoms with E-state index in [4.69, 9.17) is 15.3 Å². The zero-order chi connectivity index (χ0) is 9.11. The van der Waals surface area contributed by atoms with Crippen LogP contribution in [0, 0.1) is 0 Å². The van der Waals surface area contributed by atoms with E-state index in [0.717, 1.165) is 0 Å². The first-order chi connectivity index (χ1) is 5.18. The third kappa shape index (κ3) is 26.7. The topological polar surface area (TPSA) is 87.0 Å². The van der Waals surface area contributed by atoms with Gasteiger partial charge in [0, 0.05) is 7.11 Å². The first kappa shape index (κ1) is 13.0. The smallest absolute Gasteiger partial charge is 0.305 e. The molecular formula is C6H14O5. The van der Waals surface area contributed by atoms with E-state index in [1.165, 1.54) is 7.11 Å². The average molecular weight is 166 g/mol. The molecule has 0 aromatic rings. The third-order valence-corrected chi connectivity index (χ3v) is 0.620. The SMILES string of the molecule is COCCC(=O)O.OCCO. The Labute approximate surface area is 65.2 Å². The van der Waals surface area contributed by atoms with E-state index in [1.54, 1.807) is 0 Å². The molecule has 0 rings (SSSR count). The van der Waals surface area contributed by atoms with Gasteiger partial charge >= 0.3 is 5.97 Å². The second-order valence-electron chi connectivity index (χ2n) is 1.58. The second-order valence-corrected chi connectivity index (χ2v) is 1.58. The minimum atomic E-state index is -0.818. The molecule has 0 atom stereocenters. The summed E-state index contributed by atoms with van der Waals surface area (Å²) in [5, 5.41) is 23.2. The van der Waals surface area contributed by atoms with Crippen LogP contribution in [0.5, 0.6) is 0 Å². The van der Waals surface area contributed by atoms with Crippen LogP contribution in [0.4, 0.5) is 0 Å². The van der Waals surface area contributed by atoms with Crippen molar-refractivity contribution in [2.45, 2.75) is 6.42 Å². The lowest BCUT2D eigenvalue weighted by Crippen LogP contribution is -1.99. The lowest BCUT2D eigenvalue weighted by molar-refractivity contribution is -0.137. The summed E-state index contributed by atoms with van der Waals surface area (Å²) in [5.41, 5.74) is 0. The Bertz CT molecular complexity index is 81.0. The number of methoxy groups -OCH3 is 1. The molecule has 3 N–H and O–H groups in total. The highest BCUT2D eigenvalue weighted by Gasteiger charge is 1.91. The molecule has 0 aliphatic rings. The van der Waals surface area contributed by atoms with Gasteiger partial charge in [0.25, 0.3) is 0 Å². The maximum atomic E-state index is 9.68. The van der Waals surface area contributed by atoms with E-state index < -0.39 is 5.97 Å². The first-order valence-corrected chi connectivity index (χ1v) is 3.11. The summed E-state index contributed by atoms with van der Waals surface area (Å²) in [7, 11) is 1.48. The van der Waals surface area contributed by atoms with Gasteiger partial charge in [0.2, 0.25) is 0 Å². The van der Waals surface area contributed by atoms with E-state index in [0.29, 0.717) is 6.61 Å². The molecule has 0 bridgehead atoms. The normalized spacial score (nSPS) is 8.27. The Morgan fingerprint density at radius 2 is 1.82 bits per heavy atom. The second kappa shape index (κ2) is 12.1. The summed E-state index contributed by atoms with van der Waals surface area (Å²) in [4.78, 5) is 9.68. The molecule has 0 aromatic carbocycles. The monoisotopic (exact) mass is 166 g/mol. The van der Waals surface area contributed by atoms with Crippen molar-refractivity contribution in [2.75, 3.05) is 26.9 Å². The molecule has 0 amide bonds. The fraction of sp³-hybridized carbons (Fsp3) is 0.833. The molecule has 0 radical (unpaired) electrons. The van der Waals surface area contributed by atoms with Gasteiger partial charge in [-0.15, -0.1) is 0 Å². The molecule has 0 fully saturated rings. The van der Waals surface area contributed by atoms with Crippen molar-refractivity contribution in [1.29, 1.82) is 0 Å². The number of carboxylic acid groups (broad SMARTS) is 1. The minimum absolute atomic E-state index is 0.0938. The van der Waals surface area contributed by atoms with Crippen LogP contribution in [-0.4, -0.2) is 48.2 Å². The van der Waals surface area contributed by atoms with Crippen molar-refractivity contribution >= 4 is 5.97 Å². The van der Waals surface area contributed by atoms with Crippen molar-refractivity contribution in [3.05, 3.63) is 0 Å². The van der Waals surface area contributed by atoms with Crippen LogP contribution in [0.2, 0.25) is 0 Å². The highest BCUT2D eigenvalue weighted by molar-refractivity contribution is 5.66. The largest absolute Gasteiger partial charge is 0.481 e. The zero-order valence-corrected chi connectivity index (χ0v) is 6.49. The van der Waals surface area contributed by atoms with Crippen LogP contribution < -0.4 is 0 Å². The van der Waals surface area contributed by atoms with Gasteiger partial charge in [-0.25, -0.2) is 0 Å². The van der Waals surface area contributed by atoms with Gasteiger partial charge in [-0.05, 0) is 0 Å². The summed E-state index contributed by atoms with van der Waals surface area (Å²) in [5.74, 6) is -0.818. The Morgan fingerprint density at radius 3 is 1.91 bits per heavy atom. The number of hydrogen-bond donors (Lipinski definition) is 3. The van der Waals surface area contributed by atoms with Crippen LogP contribution in [-0.2, 0) is 9.53 Å². The molecular weight excluding hydrogens is 152 g/mol. The third-order valence-electron chi connectivity index (χ3n) is 0.620.